The van der Waals surface area contributed by atoms with Crippen molar-refractivity contribution in [3.63, 3.8) is 0 Å². The van der Waals surface area contributed by atoms with Gasteiger partial charge in [-0.2, -0.15) is 0 Å². The molecule has 10 heteroatoms. The van der Waals surface area contributed by atoms with Gasteiger partial charge >= 0.3 is 6.03 Å². The number of carbonyl (C=O) groups excluding carboxylic acids is 1. The van der Waals surface area contributed by atoms with Crippen molar-refractivity contribution in [2.75, 3.05) is 36.5 Å². The van der Waals surface area contributed by atoms with Gasteiger partial charge in [0.2, 0.25) is 0 Å². The Hall–Kier alpha value is -2.85. The molecule has 0 spiro atoms. The minimum absolute atomic E-state index is 0.0606. The third-order valence-electron chi connectivity index (χ3n) is 5.03. The fourth-order valence-corrected chi connectivity index (χ4v) is 4.37. The molecule has 2 N–H and O–H groups in total. The fraction of sp³-hybridized carbons (Fsp3) is 0.350. The maximum absolute atomic E-state index is 14.4. The van der Waals surface area contributed by atoms with E-state index in [-0.39, 0.29) is 30.3 Å². The number of aliphatic hydroxyl groups is 1. The summed E-state index contributed by atoms with van der Waals surface area (Å²) in [6, 6.07) is 5.23. The van der Waals surface area contributed by atoms with Crippen LogP contribution in [0.15, 0.2) is 30.5 Å². The normalized spacial score (nSPS) is 16.9. The molecule has 2 aromatic heterocycles. The van der Waals surface area contributed by atoms with Gasteiger partial charge in [0.05, 0.1) is 10.2 Å². The maximum atomic E-state index is 14.4. The summed E-state index contributed by atoms with van der Waals surface area (Å²) in [6.07, 6.45) is 1.92. The number of fused-ring (bicyclic) bond motifs is 1. The van der Waals surface area contributed by atoms with Crippen LogP contribution in [0.2, 0.25) is 0 Å². The summed E-state index contributed by atoms with van der Waals surface area (Å²) >= 11 is 1.28. The average Bonchev–Trinajstić information content (AvgIpc) is 3.09. The highest BCUT2D eigenvalue weighted by atomic mass is 32.1. The van der Waals surface area contributed by atoms with Gasteiger partial charge in [0.25, 0.3) is 0 Å². The molecule has 1 saturated heterocycles. The molecule has 0 radical (unpaired) electrons. The van der Waals surface area contributed by atoms with Crippen LogP contribution in [0.25, 0.3) is 10.2 Å². The SMILES string of the molecule is C[C@@H]1CN(c2ncc(CCO)cc2F)CCN1C(=O)Nc1nc2cc(F)ccc2s1. The van der Waals surface area contributed by atoms with Crippen LogP contribution >= 0.6 is 11.3 Å². The molecule has 3 aromatic rings. The second-order valence-corrected chi connectivity index (χ2v) is 8.20. The summed E-state index contributed by atoms with van der Waals surface area (Å²) < 4.78 is 28.6. The molecule has 158 valence electrons. The minimum atomic E-state index is -0.437. The van der Waals surface area contributed by atoms with E-state index in [0.29, 0.717) is 42.3 Å². The topological polar surface area (TPSA) is 81.6 Å². The molecule has 0 saturated carbocycles. The van der Waals surface area contributed by atoms with Crippen LogP contribution in [0, 0.1) is 11.6 Å². The number of aliphatic hydroxyl groups excluding tert-OH is 1. The molecule has 4 rings (SSSR count). The molecule has 3 heterocycles. The standard InChI is InChI=1S/C20H21F2N5O2S/c1-12-11-26(18-15(22)8-13(4-7-28)10-23-18)5-6-27(12)20(29)25-19-24-16-9-14(21)2-3-17(16)30-19/h2-3,8-10,12,28H,4-7,11H2,1H3,(H,24,25,29)/t12-/m1/s1. The van der Waals surface area contributed by atoms with Gasteiger partial charge in [-0.3, -0.25) is 5.32 Å². The van der Waals surface area contributed by atoms with Crippen molar-refractivity contribution < 1.29 is 18.7 Å². The molecule has 0 aliphatic carbocycles. The molecule has 1 aliphatic heterocycles. The van der Waals surface area contributed by atoms with Gasteiger partial charge in [-0.1, -0.05) is 11.3 Å². The first kappa shape index (κ1) is 20.4. The van der Waals surface area contributed by atoms with Crippen LogP contribution in [0.1, 0.15) is 12.5 Å². The maximum Gasteiger partial charge on any atom is 0.324 e. The first-order chi connectivity index (χ1) is 14.4. The van der Waals surface area contributed by atoms with Crippen molar-refractivity contribution in [3.8, 4) is 0 Å². The van der Waals surface area contributed by atoms with Crippen LogP contribution in [0.5, 0.6) is 0 Å². The highest BCUT2D eigenvalue weighted by Crippen LogP contribution is 2.27. The Morgan fingerprint density at radius 3 is 2.90 bits per heavy atom. The van der Waals surface area contributed by atoms with Gasteiger partial charge in [0.1, 0.15) is 5.82 Å². The number of anilines is 2. The lowest BCUT2D eigenvalue weighted by Gasteiger charge is -2.40. The van der Waals surface area contributed by atoms with Gasteiger partial charge in [0.15, 0.2) is 16.8 Å². The van der Waals surface area contributed by atoms with E-state index in [1.54, 1.807) is 17.2 Å². The van der Waals surface area contributed by atoms with Gasteiger partial charge in [-0.25, -0.2) is 23.5 Å². The average molecular weight is 433 g/mol. The summed E-state index contributed by atoms with van der Waals surface area (Å²) in [5.74, 6) is -0.565. The van der Waals surface area contributed by atoms with Crippen LogP contribution in [-0.4, -0.2) is 58.3 Å². The number of amides is 2. The smallest absolute Gasteiger partial charge is 0.324 e. The van der Waals surface area contributed by atoms with Crippen LogP contribution in [0.3, 0.4) is 0 Å². The Morgan fingerprint density at radius 1 is 1.33 bits per heavy atom. The van der Waals surface area contributed by atoms with Crippen molar-refractivity contribution in [1.29, 1.82) is 0 Å². The van der Waals surface area contributed by atoms with Crippen LogP contribution < -0.4 is 10.2 Å². The third-order valence-corrected chi connectivity index (χ3v) is 5.98. The van der Waals surface area contributed by atoms with Crippen molar-refractivity contribution in [1.82, 2.24) is 14.9 Å². The second-order valence-electron chi connectivity index (χ2n) is 7.17. The van der Waals surface area contributed by atoms with E-state index in [0.717, 1.165) is 4.70 Å². The zero-order chi connectivity index (χ0) is 21.3. The number of rotatable bonds is 4. The van der Waals surface area contributed by atoms with Crippen molar-refractivity contribution in [3.05, 3.63) is 47.7 Å². The van der Waals surface area contributed by atoms with E-state index < -0.39 is 5.82 Å². The molecule has 1 atom stereocenters. The van der Waals surface area contributed by atoms with E-state index in [9.17, 15) is 13.6 Å². The molecule has 7 nitrogen and oxygen atoms in total. The molecule has 1 aliphatic rings. The zero-order valence-corrected chi connectivity index (χ0v) is 17.1. The van der Waals surface area contributed by atoms with Gasteiger partial charge in [0, 0.05) is 44.5 Å². The monoisotopic (exact) mass is 433 g/mol. The second kappa shape index (κ2) is 8.49. The number of halogens is 2. The van der Waals surface area contributed by atoms with Gasteiger partial charge in [-0.15, -0.1) is 0 Å². The molecule has 1 aromatic carbocycles. The quantitative estimate of drug-likeness (QED) is 0.660. The molecule has 0 bridgehead atoms. The largest absolute Gasteiger partial charge is 0.396 e. The Morgan fingerprint density at radius 2 is 2.17 bits per heavy atom. The van der Waals surface area contributed by atoms with E-state index >= 15 is 0 Å². The Bertz CT molecular complexity index is 1080. The molecule has 2 amide bonds. The summed E-state index contributed by atoms with van der Waals surface area (Å²) in [5, 5.41) is 12.2. The first-order valence-corrected chi connectivity index (χ1v) is 10.4. The number of nitrogens with one attached hydrogen (secondary N) is 1. The first-order valence-electron chi connectivity index (χ1n) is 9.58. The summed E-state index contributed by atoms with van der Waals surface area (Å²) in [7, 11) is 0. The summed E-state index contributed by atoms with van der Waals surface area (Å²) in [6.45, 7) is 3.09. The number of thiazole rings is 1. The number of aromatic nitrogens is 2. The summed E-state index contributed by atoms with van der Waals surface area (Å²) in [4.78, 5) is 24.7. The fourth-order valence-electron chi connectivity index (χ4n) is 3.54. The zero-order valence-electron chi connectivity index (χ0n) is 16.3. The number of hydrogen-bond acceptors (Lipinski definition) is 6. The molecule has 0 unspecified atom stereocenters. The molecular weight excluding hydrogens is 412 g/mol. The number of piperazine rings is 1. The lowest BCUT2D eigenvalue weighted by Crippen LogP contribution is -2.55. The van der Waals surface area contributed by atoms with Gasteiger partial charge < -0.3 is 14.9 Å². The Labute approximate surface area is 176 Å². The van der Waals surface area contributed by atoms with Crippen LogP contribution in [0.4, 0.5) is 24.5 Å². The summed E-state index contributed by atoms with van der Waals surface area (Å²) in [5.41, 5.74) is 1.14. The molecule has 1 fully saturated rings. The predicted molar refractivity (Wildman–Crippen MR) is 112 cm³/mol. The Balaban J connectivity index is 1.41. The number of pyridine rings is 1. The highest BCUT2D eigenvalue weighted by molar-refractivity contribution is 7.22. The highest BCUT2D eigenvalue weighted by Gasteiger charge is 2.29. The lowest BCUT2D eigenvalue weighted by molar-refractivity contribution is 0.184. The van der Waals surface area contributed by atoms with Crippen molar-refractivity contribution >= 4 is 38.5 Å². The van der Waals surface area contributed by atoms with Crippen molar-refractivity contribution in [2.45, 2.75) is 19.4 Å². The van der Waals surface area contributed by atoms with Crippen molar-refractivity contribution in [2.24, 2.45) is 0 Å². The number of hydrogen-bond donors (Lipinski definition) is 2. The van der Waals surface area contributed by atoms with E-state index in [1.807, 2.05) is 11.8 Å². The number of nitrogens with zero attached hydrogens (tertiary/aromatic N) is 4. The molecular formula is C20H21F2N5O2S. The number of urea groups is 1. The number of carbonyl (C=O) groups is 1. The Kier molecular flexibility index (Phi) is 5.78. The predicted octanol–water partition coefficient (Wildman–Crippen LogP) is 3.25. The van der Waals surface area contributed by atoms with E-state index in [1.165, 1.54) is 29.5 Å². The number of benzene rings is 1. The van der Waals surface area contributed by atoms with Gasteiger partial charge in [-0.05, 0) is 37.1 Å². The van der Waals surface area contributed by atoms with E-state index in [2.05, 4.69) is 15.3 Å². The lowest BCUT2D eigenvalue weighted by atomic mass is 10.1. The van der Waals surface area contributed by atoms with E-state index in [4.69, 9.17) is 5.11 Å². The molecule has 30 heavy (non-hydrogen) atoms. The van der Waals surface area contributed by atoms with Crippen LogP contribution in [-0.2, 0) is 6.42 Å². The third kappa shape index (κ3) is 4.19. The minimum Gasteiger partial charge on any atom is -0.396 e.